The summed E-state index contributed by atoms with van der Waals surface area (Å²) in [6, 6.07) is 7.87. The average Bonchev–Trinajstić information content (AvgIpc) is 3.08. The van der Waals surface area contributed by atoms with Crippen molar-refractivity contribution in [1.29, 1.82) is 0 Å². The fourth-order valence-corrected chi connectivity index (χ4v) is 3.91. The van der Waals surface area contributed by atoms with Crippen molar-refractivity contribution < 1.29 is 9.59 Å². The number of carbonyl (C=O) groups excluding carboxylic acids is 2. The van der Waals surface area contributed by atoms with Crippen molar-refractivity contribution >= 4 is 29.1 Å². The molecule has 1 amide bonds. The van der Waals surface area contributed by atoms with Crippen LogP contribution in [-0.4, -0.2) is 26.6 Å². The van der Waals surface area contributed by atoms with E-state index in [1.165, 1.54) is 11.8 Å². The Hall–Kier alpha value is -2.41. The third-order valence-corrected chi connectivity index (χ3v) is 5.31. The number of fused-ring (bicyclic) bond motifs is 1. The van der Waals surface area contributed by atoms with Crippen LogP contribution in [0.15, 0.2) is 34.3 Å². The minimum absolute atomic E-state index is 0.00761. The second kappa shape index (κ2) is 7.45. The third kappa shape index (κ3) is 3.07. The summed E-state index contributed by atoms with van der Waals surface area (Å²) in [5.74, 6) is 0.590. The van der Waals surface area contributed by atoms with E-state index in [1.54, 1.807) is 9.69 Å². The van der Waals surface area contributed by atoms with Gasteiger partial charge in [-0.3, -0.25) is 9.59 Å². The number of Topliss-reactive ketones (excluding diaryl/α,β-unsaturated/α-hetero) is 1. The van der Waals surface area contributed by atoms with Crippen LogP contribution in [0.3, 0.4) is 0 Å². The summed E-state index contributed by atoms with van der Waals surface area (Å²) < 4.78 is 1.75. The van der Waals surface area contributed by atoms with Crippen LogP contribution >= 0.6 is 11.8 Å². The maximum atomic E-state index is 12.9. The van der Waals surface area contributed by atoms with Gasteiger partial charge < -0.3 is 0 Å². The second-order valence-corrected chi connectivity index (χ2v) is 7.02. The number of thioether (sulfide) groups is 1. The van der Waals surface area contributed by atoms with Crippen molar-refractivity contribution in [3.8, 4) is 0 Å². The molecule has 1 aliphatic heterocycles. The number of amides is 1. The molecule has 0 spiro atoms. The van der Waals surface area contributed by atoms with Crippen LogP contribution in [0.1, 0.15) is 50.6 Å². The second-order valence-electron chi connectivity index (χ2n) is 6.05. The normalized spacial score (nSPS) is 13.8. The number of benzene rings is 1. The van der Waals surface area contributed by atoms with E-state index < -0.39 is 0 Å². The summed E-state index contributed by atoms with van der Waals surface area (Å²) in [6.07, 6.45) is 1.31. The predicted octanol–water partition coefficient (Wildman–Crippen LogP) is 3.48. The van der Waals surface area contributed by atoms with E-state index in [4.69, 9.17) is 0 Å². The Morgan fingerprint density at radius 3 is 2.31 bits per heavy atom. The van der Waals surface area contributed by atoms with Gasteiger partial charge >= 0.3 is 0 Å². The van der Waals surface area contributed by atoms with Crippen molar-refractivity contribution in [2.24, 2.45) is 0 Å². The van der Waals surface area contributed by atoms with E-state index >= 15 is 0 Å². The Morgan fingerprint density at radius 1 is 1.04 bits per heavy atom. The number of allylic oxidation sites excluding steroid dienone is 1. The Kier molecular flexibility index (Phi) is 5.27. The molecule has 2 heterocycles. The zero-order valence-corrected chi connectivity index (χ0v) is 16.3. The minimum Gasteiger partial charge on any atom is -0.294 e. The number of hydrogen-bond acceptors (Lipinski definition) is 5. The molecule has 1 aromatic carbocycles. The molecule has 6 nitrogen and oxygen atoms in total. The van der Waals surface area contributed by atoms with Gasteiger partial charge in [0.2, 0.25) is 11.1 Å². The molecule has 136 valence electrons. The number of hydrogen-bond donors (Lipinski definition) is 0. The van der Waals surface area contributed by atoms with E-state index in [0.717, 1.165) is 11.1 Å². The molecule has 0 radical (unpaired) electrons. The lowest BCUT2D eigenvalue weighted by atomic mass is 10.1. The molecule has 0 atom stereocenters. The highest BCUT2D eigenvalue weighted by Crippen LogP contribution is 2.40. The van der Waals surface area contributed by atoms with E-state index in [-0.39, 0.29) is 11.7 Å². The first-order valence-corrected chi connectivity index (χ1v) is 9.63. The van der Waals surface area contributed by atoms with Crippen LogP contribution in [0.4, 0.5) is 0 Å². The molecule has 0 saturated carbocycles. The first kappa shape index (κ1) is 18.4. The summed E-state index contributed by atoms with van der Waals surface area (Å²) in [5.41, 5.74) is 2.58. The molecule has 26 heavy (non-hydrogen) atoms. The predicted molar refractivity (Wildman–Crippen MR) is 102 cm³/mol. The molecule has 0 saturated heterocycles. The topological polar surface area (TPSA) is 68.1 Å². The van der Waals surface area contributed by atoms with Gasteiger partial charge in [0.25, 0.3) is 0 Å². The molecular weight excluding hydrogens is 348 g/mol. The Balaban J connectivity index is 2.29. The van der Waals surface area contributed by atoms with Gasteiger partial charge in [0, 0.05) is 24.8 Å². The van der Waals surface area contributed by atoms with Gasteiger partial charge in [-0.1, -0.05) is 50.6 Å². The summed E-state index contributed by atoms with van der Waals surface area (Å²) in [5, 5.41) is 10.5. The van der Waals surface area contributed by atoms with Crippen LogP contribution in [0.2, 0.25) is 0 Å². The van der Waals surface area contributed by atoms with Crippen LogP contribution in [-0.2, 0) is 16.0 Å². The van der Waals surface area contributed by atoms with Crippen molar-refractivity contribution in [3.05, 3.63) is 46.1 Å². The average molecular weight is 370 g/mol. The highest BCUT2D eigenvalue weighted by Gasteiger charge is 2.35. The quantitative estimate of drug-likeness (QED) is 0.806. The van der Waals surface area contributed by atoms with Gasteiger partial charge in [0.05, 0.1) is 10.6 Å². The number of carbonyl (C=O) groups is 2. The zero-order valence-electron chi connectivity index (χ0n) is 15.4. The number of nitrogens with zero attached hydrogens (tertiary/aromatic N) is 4. The smallest absolute Gasteiger partial charge is 0.246 e. The highest BCUT2D eigenvalue weighted by atomic mass is 32.2. The largest absolute Gasteiger partial charge is 0.294 e. The molecule has 1 aromatic heterocycles. The van der Waals surface area contributed by atoms with E-state index in [1.807, 2.05) is 52.0 Å². The van der Waals surface area contributed by atoms with Crippen molar-refractivity contribution in [3.63, 3.8) is 0 Å². The van der Waals surface area contributed by atoms with E-state index in [9.17, 15) is 9.59 Å². The van der Waals surface area contributed by atoms with Gasteiger partial charge in [-0.25, -0.2) is 9.69 Å². The highest BCUT2D eigenvalue weighted by molar-refractivity contribution is 8.04. The molecule has 0 N–H and O–H groups in total. The number of aryl methyl sites for hydroxylation is 2. The lowest BCUT2D eigenvalue weighted by Gasteiger charge is -2.33. The van der Waals surface area contributed by atoms with Gasteiger partial charge in [-0.2, -0.15) is 0 Å². The third-order valence-electron chi connectivity index (χ3n) is 4.25. The monoisotopic (exact) mass is 370 g/mol. The molecule has 0 aliphatic carbocycles. The Morgan fingerprint density at radius 2 is 1.73 bits per heavy atom. The summed E-state index contributed by atoms with van der Waals surface area (Å²) in [7, 11) is 0. The zero-order chi connectivity index (χ0) is 18.8. The summed E-state index contributed by atoms with van der Waals surface area (Å²) in [4.78, 5) is 26.1. The van der Waals surface area contributed by atoms with Gasteiger partial charge in [0.15, 0.2) is 11.6 Å². The number of rotatable bonds is 5. The maximum Gasteiger partial charge on any atom is 0.246 e. The lowest BCUT2D eigenvalue weighted by molar-refractivity contribution is -0.119. The molecule has 2 aromatic rings. The molecule has 0 fully saturated rings. The van der Waals surface area contributed by atoms with Crippen LogP contribution in [0.25, 0.3) is 5.70 Å². The molecule has 0 bridgehead atoms. The number of ketones is 1. The van der Waals surface area contributed by atoms with Crippen LogP contribution in [0, 0.1) is 6.92 Å². The minimum atomic E-state index is -0.0990. The first-order chi connectivity index (χ1) is 12.5. The Labute approximate surface area is 157 Å². The van der Waals surface area contributed by atoms with Crippen molar-refractivity contribution in [1.82, 2.24) is 14.9 Å². The maximum absolute atomic E-state index is 12.9. The SMILES string of the molecule is CCC(=O)C1=C(c2ccc(C)cc2)N(C(=O)CC)n2c(CC)nnc2S1. The van der Waals surface area contributed by atoms with Gasteiger partial charge in [-0.15, -0.1) is 10.2 Å². The van der Waals surface area contributed by atoms with Crippen LogP contribution < -0.4 is 5.01 Å². The van der Waals surface area contributed by atoms with Crippen molar-refractivity contribution in [2.75, 3.05) is 5.01 Å². The number of aromatic nitrogens is 3. The fraction of sp³-hybridized carbons (Fsp3) is 0.368. The summed E-state index contributed by atoms with van der Waals surface area (Å²) in [6.45, 7) is 7.62. The first-order valence-electron chi connectivity index (χ1n) is 8.81. The summed E-state index contributed by atoms with van der Waals surface area (Å²) >= 11 is 1.29. The lowest BCUT2D eigenvalue weighted by Crippen LogP contribution is -2.42. The molecular formula is C19H22N4O2S. The standard InChI is InChI=1S/C19H22N4O2S/c1-5-14(24)18-17(13-10-8-12(4)9-11-13)23(16(25)7-3)22-15(6-2)20-21-19(22)26-18/h8-11H,5-7H2,1-4H3. The van der Waals surface area contributed by atoms with Crippen LogP contribution in [0.5, 0.6) is 0 Å². The Bertz CT molecular complexity index is 883. The molecule has 0 unspecified atom stereocenters. The van der Waals surface area contributed by atoms with Gasteiger partial charge in [0.1, 0.15) is 0 Å². The van der Waals surface area contributed by atoms with E-state index in [0.29, 0.717) is 40.8 Å². The van der Waals surface area contributed by atoms with Gasteiger partial charge in [-0.05, 0) is 18.7 Å². The molecule has 3 rings (SSSR count). The fourth-order valence-electron chi connectivity index (χ4n) is 2.82. The molecule has 1 aliphatic rings. The van der Waals surface area contributed by atoms with E-state index in [2.05, 4.69) is 10.2 Å². The molecule has 7 heteroatoms. The van der Waals surface area contributed by atoms with Crippen molar-refractivity contribution in [2.45, 2.75) is 52.1 Å².